The minimum atomic E-state index is 0.489. The maximum Gasteiger partial charge on any atom is 0.229 e. The van der Waals surface area contributed by atoms with E-state index in [2.05, 4.69) is 29.3 Å². The average molecular weight is 251 g/mol. The van der Waals surface area contributed by atoms with Gasteiger partial charge in [0.25, 0.3) is 0 Å². The van der Waals surface area contributed by atoms with Crippen molar-refractivity contribution in [3.05, 3.63) is 11.7 Å². The Morgan fingerprint density at radius 1 is 1.17 bits per heavy atom. The fourth-order valence-corrected chi connectivity index (χ4v) is 2.65. The van der Waals surface area contributed by atoms with Crippen LogP contribution in [0.5, 0.6) is 0 Å². The summed E-state index contributed by atoms with van der Waals surface area (Å²) < 4.78 is 5.39. The quantitative estimate of drug-likeness (QED) is 0.844. The van der Waals surface area contributed by atoms with E-state index in [0.717, 1.165) is 31.1 Å². The van der Waals surface area contributed by atoms with Crippen LogP contribution < -0.4 is 5.32 Å². The molecule has 0 radical (unpaired) electrons. The zero-order chi connectivity index (χ0) is 12.8. The summed E-state index contributed by atoms with van der Waals surface area (Å²) in [4.78, 5) is 4.51. The highest BCUT2D eigenvalue weighted by Gasteiger charge is 2.25. The molecule has 0 atom stereocenters. The predicted octanol–water partition coefficient (Wildman–Crippen LogP) is 3.05. The van der Waals surface area contributed by atoms with Crippen molar-refractivity contribution in [1.29, 1.82) is 0 Å². The first-order chi connectivity index (χ1) is 8.83. The van der Waals surface area contributed by atoms with E-state index in [1.54, 1.807) is 0 Å². The highest BCUT2D eigenvalue weighted by atomic mass is 16.5. The first-order valence-electron chi connectivity index (χ1n) is 7.39. The van der Waals surface area contributed by atoms with Gasteiger partial charge in [-0.15, -0.1) is 0 Å². The van der Waals surface area contributed by atoms with Crippen molar-refractivity contribution < 1.29 is 4.52 Å². The first-order valence-corrected chi connectivity index (χ1v) is 7.39. The van der Waals surface area contributed by atoms with Crippen LogP contribution in [0.2, 0.25) is 0 Å². The molecule has 0 amide bonds. The molecule has 1 heterocycles. The first kappa shape index (κ1) is 13.5. The average Bonchev–Trinajstić information content (AvgIpc) is 2.86. The predicted molar refractivity (Wildman–Crippen MR) is 71.6 cm³/mol. The van der Waals surface area contributed by atoms with Gasteiger partial charge in [0.15, 0.2) is 5.82 Å². The molecular formula is C14H25N3O. The van der Waals surface area contributed by atoms with Crippen molar-refractivity contribution in [2.24, 2.45) is 0 Å². The standard InChI is InChI=1S/C14H25N3O/c1-3-5-13-16-14(18-17-13)11-6-8-12(9-7-11)15-10-4-2/h11-12,15H,3-10H2,1-2H3. The molecule has 2 rings (SSSR count). The minimum Gasteiger partial charge on any atom is -0.339 e. The zero-order valence-electron chi connectivity index (χ0n) is 11.6. The fraction of sp³-hybridized carbons (Fsp3) is 0.857. The molecule has 4 nitrogen and oxygen atoms in total. The van der Waals surface area contributed by atoms with Crippen molar-refractivity contribution in [2.45, 2.75) is 70.8 Å². The van der Waals surface area contributed by atoms with Crippen LogP contribution in [0.15, 0.2) is 4.52 Å². The van der Waals surface area contributed by atoms with Gasteiger partial charge in [-0.25, -0.2) is 0 Å². The van der Waals surface area contributed by atoms with Crippen molar-refractivity contribution in [3.8, 4) is 0 Å². The van der Waals surface area contributed by atoms with Gasteiger partial charge in [-0.2, -0.15) is 4.98 Å². The van der Waals surface area contributed by atoms with Crippen molar-refractivity contribution in [2.75, 3.05) is 6.54 Å². The topological polar surface area (TPSA) is 51.0 Å². The summed E-state index contributed by atoms with van der Waals surface area (Å²) in [5.41, 5.74) is 0. The minimum absolute atomic E-state index is 0.489. The summed E-state index contributed by atoms with van der Waals surface area (Å²) in [7, 11) is 0. The molecule has 0 aromatic carbocycles. The lowest BCUT2D eigenvalue weighted by Crippen LogP contribution is -2.33. The van der Waals surface area contributed by atoms with Gasteiger partial charge in [0, 0.05) is 18.4 Å². The maximum atomic E-state index is 5.39. The van der Waals surface area contributed by atoms with Gasteiger partial charge in [-0.1, -0.05) is 19.0 Å². The number of nitrogens with zero attached hydrogens (tertiary/aromatic N) is 2. The number of hydrogen-bond acceptors (Lipinski definition) is 4. The third-order valence-corrected chi connectivity index (χ3v) is 3.72. The summed E-state index contributed by atoms with van der Waals surface area (Å²) in [6.07, 6.45) is 8.03. The largest absolute Gasteiger partial charge is 0.339 e. The highest BCUT2D eigenvalue weighted by Crippen LogP contribution is 2.31. The van der Waals surface area contributed by atoms with Gasteiger partial charge in [-0.3, -0.25) is 0 Å². The molecule has 0 spiro atoms. The zero-order valence-corrected chi connectivity index (χ0v) is 11.6. The Morgan fingerprint density at radius 3 is 2.61 bits per heavy atom. The van der Waals surface area contributed by atoms with Crippen molar-refractivity contribution in [3.63, 3.8) is 0 Å². The molecule has 1 aliphatic carbocycles. The molecule has 1 aromatic rings. The SMILES string of the molecule is CCCNC1CCC(c2nc(CCC)no2)CC1. The van der Waals surface area contributed by atoms with Crippen LogP contribution in [-0.4, -0.2) is 22.7 Å². The molecule has 0 aliphatic heterocycles. The normalized spacial score (nSPS) is 24.3. The summed E-state index contributed by atoms with van der Waals surface area (Å²) >= 11 is 0. The second-order valence-electron chi connectivity index (χ2n) is 5.30. The van der Waals surface area contributed by atoms with Crippen LogP contribution >= 0.6 is 0 Å². The second kappa shape index (κ2) is 6.88. The van der Waals surface area contributed by atoms with E-state index in [1.165, 1.54) is 32.1 Å². The van der Waals surface area contributed by atoms with Crippen LogP contribution in [0, 0.1) is 0 Å². The van der Waals surface area contributed by atoms with Gasteiger partial charge in [0.2, 0.25) is 5.89 Å². The summed E-state index contributed by atoms with van der Waals surface area (Å²) in [6, 6.07) is 0.694. The molecule has 1 aliphatic rings. The summed E-state index contributed by atoms with van der Waals surface area (Å²) in [6.45, 7) is 5.49. The Bertz CT molecular complexity index is 343. The monoisotopic (exact) mass is 251 g/mol. The van der Waals surface area contributed by atoms with Gasteiger partial charge in [-0.05, 0) is 45.1 Å². The Hall–Kier alpha value is -0.900. The smallest absolute Gasteiger partial charge is 0.229 e. The van der Waals surface area contributed by atoms with E-state index >= 15 is 0 Å². The molecule has 0 bridgehead atoms. The summed E-state index contributed by atoms with van der Waals surface area (Å²) in [5.74, 6) is 2.23. The number of aryl methyl sites for hydroxylation is 1. The lowest BCUT2D eigenvalue weighted by atomic mass is 9.86. The molecule has 1 saturated carbocycles. The van der Waals surface area contributed by atoms with Gasteiger partial charge >= 0.3 is 0 Å². The Kier molecular flexibility index (Phi) is 5.17. The lowest BCUT2D eigenvalue weighted by Gasteiger charge is -2.27. The van der Waals surface area contributed by atoms with E-state index in [1.807, 2.05) is 0 Å². The highest BCUT2D eigenvalue weighted by molar-refractivity contribution is 4.97. The van der Waals surface area contributed by atoms with E-state index in [9.17, 15) is 0 Å². The van der Waals surface area contributed by atoms with E-state index < -0.39 is 0 Å². The Labute approximate surface area is 110 Å². The fourth-order valence-electron chi connectivity index (χ4n) is 2.65. The third-order valence-electron chi connectivity index (χ3n) is 3.72. The van der Waals surface area contributed by atoms with Crippen LogP contribution in [0.1, 0.15) is 70.0 Å². The third kappa shape index (κ3) is 3.55. The van der Waals surface area contributed by atoms with Gasteiger partial charge in [0.1, 0.15) is 0 Å². The number of rotatable bonds is 6. The number of hydrogen-bond donors (Lipinski definition) is 1. The Morgan fingerprint density at radius 2 is 1.94 bits per heavy atom. The van der Waals surface area contributed by atoms with Crippen molar-refractivity contribution >= 4 is 0 Å². The summed E-state index contributed by atoms with van der Waals surface area (Å²) in [5, 5.41) is 7.65. The van der Waals surface area contributed by atoms with Gasteiger partial charge in [0.05, 0.1) is 0 Å². The number of aromatic nitrogens is 2. The van der Waals surface area contributed by atoms with E-state index in [0.29, 0.717) is 12.0 Å². The van der Waals surface area contributed by atoms with E-state index in [4.69, 9.17) is 4.52 Å². The molecular weight excluding hydrogens is 226 g/mol. The molecule has 18 heavy (non-hydrogen) atoms. The van der Waals surface area contributed by atoms with Crippen LogP contribution in [0.4, 0.5) is 0 Å². The van der Waals surface area contributed by atoms with Gasteiger partial charge < -0.3 is 9.84 Å². The van der Waals surface area contributed by atoms with Crippen molar-refractivity contribution in [1.82, 2.24) is 15.5 Å². The molecule has 4 heteroatoms. The maximum absolute atomic E-state index is 5.39. The molecule has 0 unspecified atom stereocenters. The molecule has 1 N–H and O–H groups in total. The molecule has 102 valence electrons. The lowest BCUT2D eigenvalue weighted by molar-refractivity contribution is 0.282. The van der Waals surface area contributed by atoms with Crippen LogP contribution in [0.25, 0.3) is 0 Å². The van der Waals surface area contributed by atoms with Crippen LogP contribution in [0.3, 0.4) is 0 Å². The molecule has 1 fully saturated rings. The van der Waals surface area contributed by atoms with Crippen LogP contribution in [-0.2, 0) is 6.42 Å². The Balaban J connectivity index is 1.81. The number of nitrogens with one attached hydrogen (secondary N) is 1. The van der Waals surface area contributed by atoms with E-state index in [-0.39, 0.29) is 0 Å². The molecule has 0 saturated heterocycles. The second-order valence-corrected chi connectivity index (χ2v) is 5.30. The molecule has 1 aromatic heterocycles.